The quantitative estimate of drug-likeness (QED) is 0.303. The third-order valence-corrected chi connectivity index (χ3v) is 5.69. The Balaban J connectivity index is 1.70. The minimum atomic E-state index is -0.946. The van der Waals surface area contributed by atoms with Crippen molar-refractivity contribution in [2.24, 2.45) is 5.92 Å². The Kier molecular flexibility index (Phi) is 4.97. The summed E-state index contributed by atoms with van der Waals surface area (Å²) in [6, 6.07) is 25.2. The van der Waals surface area contributed by atoms with E-state index in [2.05, 4.69) is 70.9 Å². The van der Waals surface area contributed by atoms with E-state index < -0.39 is 5.97 Å². The SMILES string of the molecule is O=C(O)/C=C/c1ccc(/C(=C(\c2ccccc2)C2CC2)c2ccc3[nH]ncc3c2)cc1. The summed E-state index contributed by atoms with van der Waals surface area (Å²) in [4.78, 5) is 10.8. The van der Waals surface area contributed by atoms with Crippen LogP contribution in [-0.2, 0) is 4.79 Å². The molecule has 0 aliphatic heterocycles. The van der Waals surface area contributed by atoms with Crippen LogP contribution in [0.5, 0.6) is 0 Å². The minimum Gasteiger partial charge on any atom is -0.478 e. The molecule has 1 fully saturated rings. The van der Waals surface area contributed by atoms with Gasteiger partial charge in [0.05, 0.1) is 11.7 Å². The Morgan fingerprint density at radius 3 is 2.39 bits per heavy atom. The average molecular weight is 406 g/mol. The molecule has 0 radical (unpaired) electrons. The van der Waals surface area contributed by atoms with E-state index in [9.17, 15) is 4.79 Å². The van der Waals surface area contributed by atoms with Gasteiger partial charge in [0.1, 0.15) is 0 Å². The molecule has 31 heavy (non-hydrogen) atoms. The van der Waals surface area contributed by atoms with Crippen LogP contribution in [0.1, 0.15) is 35.1 Å². The summed E-state index contributed by atoms with van der Waals surface area (Å²) in [6.45, 7) is 0. The van der Waals surface area contributed by atoms with Crippen molar-refractivity contribution >= 4 is 34.1 Å². The number of nitrogens with one attached hydrogen (secondary N) is 1. The predicted octanol–water partition coefficient (Wildman–Crippen LogP) is 6.03. The lowest BCUT2D eigenvalue weighted by Crippen LogP contribution is -1.97. The van der Waals surface area contributed by atoms with Crippen molar-refractivity contribution in [1.29, 1.82) is 0 Å². The first-order chi connectivity index (χ1) is 15.2. The van der Waals surface area contributed by atoms with Gasteiger partial charge >= 0.3 is 5.97 Å². The zero-order valence-corrected chi connectivity index (χ0v) is 17.0. The van der Waals surface area contributed by atoms with Crippen molar-refractivity contribution < 1.29 is 9.90 Å². The lowest BCUT2D eigenvalue weighted by atomic mass is 9.86. The molecule has 0 saturated heterocycles. The summed E-state index contributed by atoms with van der Waals surface area (Å²) < 4.78 is 0. The van der Waals surface area contributed by atoms with Crippen molar-refractivity contribution in [3.8, 4) is 0 Å². The second-order valence-electron chi connectivity index (χ2n) is 7.89. The van der Waals surface area contributed by atoms with Crippen LogP contribution in [0, 0.1) is 5.92 Å². The van der Waals surface area contributed by atoms with Gasteiger partial charge in [-0.2, -0.15) is 5.10 Å². The smallest absolute Gasteiger partial charge is 0.328 e. The lowest BCUT2D eigenvalue weighted by molar-refractivity contribution is -0.131. The van der Waals surface area contributed by atoms with E-state index in [0.29, 0.717) is 5.92 Å². The summed E-state index contributed by atoms with van der Waals surface area (Å²) in [5, 5.41) is 17.2. The maximum absolute atomic E-state index is 10.8. The number of hydrogen-bond donors (Lipinski definition) is 2. The molecule has 2 N–H and O–H groups in total. The van der Waals surface area contributed by atoms with Crippen LogP contribution < -0.4 is 0 Å². The number of aliphatic carboxylic acids is 1. The van der Waals surface area contributed by atoms with E-state index in [4.69, 9.17) is 5.11 Å². The molecule has 0 amide bonds. The number of hydrogen-bond acceptors (Lipinski definition) is 2. The molecule has 1 aromatic heterocycles. The van der Waals surface area contributed by atoms with Gasteiger partial charge in [-0.05, 0) is 70.4 Å². The third kappa shape index (κ3) is 4.05. The Morgan fingerprint density at radius 2 is 1.68 bits per heavy atom. The Bertz CT molecular complexity index is 1290. The number of benzene rings is 3. The van der Waals surface area contributed by atoms with Crippen LogP contribution in [-0.4, -0.2) is 21.3 Å². The standard InChI is InChI=1S/C27H22N2O2/c30-25(31)15-8-18-6-9-20(10-7-18)27(22-13-14-24-23(16-22)17-28-29-24)26(21-11-12-21)19-4-2-1-3-5-19/h1-10,13-17,21H,11-12H2,(H,28,29)(H,30,31)/b15-8+,27-26-. The fourth-order valence-electron chi connectivity index (χ4n) is 4.08. The van der Waals surface area contributed by atoms with Crippen molar-refractivity contribution in [2.75, 3.05) is 0 Å². The average Bonchev–Trinajstić information content (AvgIpc) is 3.52. The molecule has 1 aliphatic carbocycles. The molecular weight excluding hydrogens is 384 g/mol. The Labute approximate surface area is 180 Å². The topological polar surface area (TPSA) is 66.0 Å². The molecule has 0 unspecified atom stereocenters. The van der Waals surface area contributed by atoms with Crippen LogP contribution in [0.3, 0.4) is 0 Å². The van der Waals surface area contributed by atoms with E-state index >= 15 is 0 Å². The van der Waals surface area contributed by atoms with E-state index in [-0.39, 0.29) is 0 Å². The van der Waals surface area contributed by atoms with E-state index in [0.717, 1.165) is 33.7 Å². The number of carboxylic acid groups (broad SMARTS) is 1. The first kappa shape index (κ1) is 19.1. The van der Waals surface area contributed by atoms with Crippen LogP contribution in [0.25, 0.3) is 28.1 Å². The highest BCUT2D eigenvalue weighted by Crippen LogP contribution is 2.47. The summed E-state index contributed by atoms with van der Waals surface area (Å²) in [6.07, 6.45) is 7.03. The molecule has 152 valence electrons. The summed E-state index contributed by atoms with van der Waals surface area (Å²) in [7, 11) is 0. The van der Waals surface area contributed by atoms with Crippen molar-refractivity contribution in [3.63, 3.8) is 0 Å². The van der Waals surface area contributed by atoms with Crippen molar-refractivity contribution in [3.05, 3.63) is 107 Å². The maximum Gasteiger partial charge on any atom is 0.328 e. The second-order valence-corrected chi connectivity index (χ2v) is 7.89. The van der Waals surface area contributed by atoms with Gasteiger partial charge in [-0.15, -0.1) is 0 Å². The van der Waals surface area contributed by atoms with Crippen molar-refractivity contribution in [1.82, 2.24) is 10.2 Å². The van der Waals surface area contributed by atoms with Gasteiger partial charge in [0.2, 0.25) is 0 Å². The molecule has 1 saturated carbocycles. The number of nitrogens with zero attached hydrogens (tertiary/aromatic N) is 1. The van der Waals surface area contributed by atoms with Gasteiger partial charge in [-0.1, -0.05) is 60.7 Å². The molecule has 1 heterocycles. The van der Waals surface area contributed by atoms with Gasteiger partial charge in [0, 0.05) is 11.5 Å². The molecule has 0 atom stereocenters. The van der Waals surface area contributed by atoms with Gasteiger partial charge in [-0.3, -0.25) is 5.10 Å². The first-order valence-corrected chi connectivity index (χ1v) is 10.4. The number of aromatic nitrogens is 2. The first-order valence-electron chi connectivity index (χ1n) is 10.4. The van der Waals surface area contributed by atoms with Crippen LogP contribution in [0.15, 0.2) is 85.1 Å². The summed E-state index contributed by atoms with van der Waals surface area (Å²) >= 11 is 0. The molecule has 0 spiro atoms. The normalized spacial score (nSPS) is 14.7. The third-order valence-electron chi connectivity index (χ3n) is 5.69. The largest absolute Gasteiger partial charge is 0.478 e. The molecule has 4 nitrogen and oxygen atoms in total. The van der Waals surface area contributed by atoms with Gasteiger partial charge in [0.25, 0.3) is 0 Å². The molecular formula is C27H22N2O2. The van der Waals surface area contributed by atoms with Gasteiger partial charge in [-0.25, -0.2) is 4.79 Å². The molecule has 3 aromatic carbocycles. The number of H-pyrrole nitrogens is 1. The second kappa shape index (κ2) is 8.07. The number of carbonyl (C=O) groups is 1. The van der Waals surface area contributed by atoms with E-state index in [1.165, 1.54) is 29.6 Å². The highest BCUT2D eigenvalue weighted by Gasteiger charge is 2.30. The Hall–Kier alpha value is -3.92. The minimum absolute atomic E-state index is 0.545. The summed E-state index contributed by atoms with van der Waals surface area (Å²) in [5.41, 5.74) is 8.02. The Morgan fingerprint density at radius 1 is 0.935 bits per heavy atom. The fraction of sp³-hybridized carbons (Fsp3) is 0.111. The zero-order chi connectivity index (χ0) is 21.2. The monoisotopic (exact) mass is 406 g/mol. The van der Waals surface area contributed by atoms with Crippen molar-refractivity contribution in [2.45, 2.75) is 12.8 Å². The van der Waals surface area contributed by atoms with E-state index in [1.54, 1.807) is 6.08 Å². The molecule has 1 aliphatic rings. The van der Waals surface area contributed by atoms with Crippen LogP contribution in [0.2, 0.25) is 0 Å². The highest BCUT2D eigenvalue weighted by molar-refractivity contribution is 6.01. The molecule has 0 bridgehead atoms. The number of rotatable bonds is 6. The highest BCUT2D eigenvalue weighted by atomic mass is 16.4. The number of allylic oxidation sites excluding steroid dienone is 1. The predicted molar refractivity (Wildman–Crippen MR) is 124 cm³/mol. The van der Waals surface area contributed by atoms with E-state index in [1.807, 2.05) is 18.3 Å². The van der Waals surface area contributed by atoms with Crippen LogP contribution in [0.4, 0.5) is 0 Å². The lowest BCUT2D eigenvalue weighted by Gasteiger charge is -2.17. The summed E-state index contributed by atoms with van der Waals surface area (Å²) in [5.74, 6) is -0.401. The maximum atomic E-state index is 10.8. The number of aromatic amines is 1. The van der Waals surface area contributed by atoms with Gasteiger partial charge < -0.3 is 5.11 Å². The fourth-order valence-corrected chi connectivity index (χ4v) is 4.08. The number of fused-ring (bicyclic) bond motifs is 1. The molecule has 4 heteroatoms. The van der Waals surface area contributed by atoms with Gasteiger partial charge in [0.15, 0.2) is 0 Å². The van der Waals surface area contributed by atoms with Crippen LogP contribution >= 0.6 is 0 Å². The molecule has 5 rings (SSSR count). The molecule has 4 aromatic rings. The zero-order valence-electron chi connectivity index (χ0n) is 17.0. The number of carboxylic acids is 1.